The lowest BCUT2D eigenvalue weighted by molar-refractivity contribution is 0.269. The molecule has 6 rings (SSSR count). The first-order chi connectivity index (χ1) is 20.0. The third-order valence-corrected chi connectivity index (χ3v) is 8.39. The number of allylic oxidation sites excluding steroid dienone is 2. The molecule has 6 heteroatoms. The maximum absolute atomic E-state index is 6.30. The molecular formula is C35H32Cl2N2O2. The van der Waals surface area contributed by atoms with Gasteiger partial charge >= 0.3 is 0 Å². The van der Waals surface area contributed by atoms with Crippen LogP contribution < -0.4 is 14.8 Å². The van der Waals surface area contributed by atoms with E-state index >= 15 is 0 Å². The number of hydrogen-bond acceptors (Lipinski definition) is 4. The van der Waals surface area contributed by atoms with Crippen LogP contribution in [0.2, 0.25) is 10.0 Å². The average molecular weight is 584 g/mol. The second kappa shape index (κ2) is 12.0. The Labute approximate surface area is 251 Å². The zero-order valence-corrected chi connectivity index (χ0v) is 24.6. The highest BCUT2D eigenvalue weighted by Gasteiger charge is 2.37. The Hall–Kier alpha value is -3.73. The van der Waals surface area contributed by atoms with Crippen molar-refractivity contribution in [1.29, 1.82) is 0 Å². The molecule has 4 aromatic rings. The number of aliphatic imine (C=N–C) groups is 1. The van der Waals surface area contributed by atoms with Crippen molar-refractivity contribution in [3.05, 3.63) is 129 Å². The number of nitrogens with zero attached hydrogens (tertiary/aromatic N) is 1. The van der Waals surface area contributed by atoms with Gasteiger partial charge in [0.05, 0.1) is 18.3 Å². The molecule has 0 bridgehead atoms. The minimum absolute atomic E-state index is 0.271. The summed E-state index contributed by atoms with van der Waals surface area (Å²) in [4.78, 5) is 4.74. The normalized spacial score (nSPS) is 19.1. The Morgan fingerprint density at radius 1 is 0.927 bits per heavy atom. The van der Waals surface area contributed by atoms with Crippen LogP contribution in [-0.2, 0) is 6.61 Å². The van der Waals surface area contributed by atoms with E-state index in [2.05, 4.69) is 66.9 Å². The van der Waals surface area contributed by atoms with E-state index in [0.29, 0.717) is 46.6 Å². The molecule has 0 unspecified atom stereocenters. The first-order valence-electron chi connectivity index (χ1n) is 14.0. The van der Waals surface area contributed by atoms with E-state index in [4.69, 9.17) is 37.7 Å². The zero-order valence-electron chi connectivity index (χ0n) is 23.1. The fourth-order valence-corrected chi connectivity index (χ4v) is 6.21. The number of benzene rings is 4. The molecule has 1 aliphatic heterocycles. The summed E-state index contributed by atoms with van der Waals surface area (Å²) in [5.74, 6) is 2.29. The number of anilines is 1. The van der Waals surface area contributed by atoms with Crippen LogP contribution >= 0.6 is 23.2 Å². The van der Waals surface area contributed by atoms with Gasteiger partial charge in [-0.15, -0.1) is 0 Å². The first kappa shape index (κ1) is 27.4. The maximum atomic E-state index is 6.30. The van der Waals surface area contributed by atoms with Crippen molar-refractivity contribution in [3.8, 4) is 11.5 Å². The Kier molecular flexibility index (Phi) is 8.04. The zero-order chi connectivity index (χ0) is 28.3. The Morgan fingerprint density at radius 3 is 2.59 bits per heavy atom. The maximum Gasteiger partial charge on any atom is 0.161 e. The van der Waals surface area contributed by atoms with E-state index in [1.165, 1.54) is 22.4 Å². The molecule has 1 aliphatic carbocycles. The third kappa shape index (κ3) is 6.00. The van der Waals surface area contributed by atoms with Gasteiger partial charge in [0, 0.05) is 33.4 Å². The smallest absolute Gasteiger partial charge is 0.161 e. The van der Waals surface area contributed by atoms with Gasteiger partial charge in [0.15, 0.2) is 11.5 Å². The van der Waals surface area contributed by atoms with Crippen molar-refractivity contribution in [2.45, 2.75) is 38.8 Å². The van der Waals surface area contributed by atoms with Crippen LogP contribution in [-0.4, -0.2) is 12.8 Å². The van der Waals surface area contributed by atoms with Crippen LogP contribution in [0.25, 0.3) is 0 Å². The number of fused-ring (bicyclic) bond motifs is 3. The van der Waals surface area contributed by atoms with Crippen molar-refractivity contribution in [1.82, 2.24) is 0 Å². The second-order valence-electron chi connectivity index (χ2n) is 10.6. The molecule has 0 amide bonds. The molecule has 1 N–H and O–H groups in total. The van der Waals surface area contributed by atoms with Gasteiger partial charge in [-0.05, 0) is 91.4 Å². The molecule has 4 nitrogen and oxygen atoms in total. The molecule has 0 saturated heterocycles. The predicted molar refractivity (Wildman–Crippen MR) is 170 cm³/mol. The molecular weight excluding hydrogens is 551 g/mol. The predicted octanol–water partition coefficient (Wildman–Crippen LogP) is 9.86. The minimum Gasteiger partial charge on any atom is -0.490 e. The number of nitrogens with one attached hydrogen (secondary N) is 1. The topological polar surface area (TPSA) is 42.8 Å². The fraction of sp³-hybridized carbons (Fsp3) is 0.229. The average Bonchev–Trinajstić information content (AvgIpc) is 3.47. The van der Waals surface area contributed by atoms with Crippen molar-refractivity contribution < 1.29 is 9.47 Å². The quantitative estimate of drug-likeness (QED) is 0.166. The summed E-state index contributed by atoms with van der Waals surface area (Å²) < 4.78 is 11.9. The van der Waals surface area contributed by atoms with Gasteiger partial charge in [0.25, 0.3) is 0 Å². The van der Waals surface area contributed by atoms with Gasteiger partial charge in [0.1, 0.15) is 6.61 Å². The Bertz CT molecular complexity index is 1610. The van der Waals surface area contributed by atoms with E-state index in [9.17, 15) is 0 Å². The summed E-state index contributed by atoms with van der Waals surface area (Å²) in [6.07, 6.45) is 7.66. The van der Waals surface area contributed by atoms with Crippen LogP contribution in [0.1, 0.15) is 53.1 Å². The monoisotopic (exact) mass is 582 g/mol. The number of ether oxygens (including phenoxy) is 2. The molecule has 3 atom stereocenters. The molecule has 41 heavy (non-hydrogen) atoms. The molecule has 208 valence electrons. The highest BCUT2D eigenvalue weighted by Crippen LogP contribution is 2.50. The van der Waals surface area contributed by atoms with Gasteiger partial charge < -0.3 is 14.8 Å². The summed E-state index contributed by atoms with van der Waals surface area (Å²) >= 11 is 12.3. The highest BCUT2D eigenvalue weighted by molar-refractivity contribution is 6.35. The van der Waals surface area contributed by atoms with E-state index in [1.807, 2.05) is 37.4 Å². The number of aryl methyl sites for hydroxylation is 1. The van der Waals surface area contributed by atoms with E-state index in [1.54, 1.807) is 12.1 Å². The molecule has 0 fully saturated rings. The van der Waals surface area contributed by atoms with Gasteiger partial charge in [-0.2, -0.15) is 0 Å². The number of hydrogen-bond donors (Lipinski definition) is 1. The van der Waals surface area contributed by atoms with Crippen LogP contribution in [0.4, 0.5) is 11.4 Å². The van der Waals surface area contributed by atoms with Crippen molar-refractivity contribution in [3.63, 3.8) is 0 Å². The largest absolute Gasteiger partial charge is 0.490 e. The lowest BCUT2D eigenvalue weighted by Gasteiger charge is -2.37. The summed E-state index contributed by atoms with van der Waals surface area (Å²) in [6, 6.07) is 26.8. The minimum atomic E-state index is 0.271. The van der Waals surface area contributed by atoms with Crippen LogP contribution in [0.15, 0.2) is 96.0 Å². The van der Waals surface area contributed by atoms with Gasteiger partial charge in [-0.3, -0.25) is 4.99 Å². The number of halogens is 2. The van der Waals surface area contributed by atoms with Crippen LogP contribution in [0, 0.1) is 12.8 Å². The van der Waals surface area contributed by atoms with Gasteiger partial charge in [-0.25, -0.2) is 0 Å². The molecule has 0 spiro atoms. The summed E-state index contributed by atoms with van der Waals surface area (Å²) in [6.45, 7) is 4.95. The molecule has 4 aromatic carbocycles. The second-order valence-corrected chi connectivity index (χ2v) is 11.4. The van der Waals surface area contributed by atoms with Crippen molar-refractivity contribution >= 4 is 40.8 Å². The van der Waals surface area contributed by atoms with Crippen molar-refractivity contribution in [2.75, 3.05) is 11.9 Å². The molecule has 0 saturated carbocycles. The lowest BCUT2D eigenvalue weighted by Crippen LogP contribution is -2.29. The number of rotatable bonds is 8. The third-order valence-electron chi connectivity index (χ3n) is 7.80. The van der Waals surface area contributed by atoms with Crippen LogP contribution in [0.3, 0.4) is 0 Å². The molecule has 0 aromatic heterocycles. The Morgan fingerprint density at radius 2 is 1.78 bits per heavy atom. The molecule has 1 heterocycles. The van der Waals surface area contributed by atoms with E-state index in [0.717, 1.165) is 23.2 Å². The van der Waals surface area contributed by atoms with Crippen LogP contribution in [0.5, 0.6) is 11.5 Å². The van der Waals surface area contributed by atoms with E-state index in [-0.39, 0.29) is 6.04 Å². The van der Waals surface area contributed by atoms with Gasteiger partial charge in [-0.1, -0.05) is 71.2 Å². The summed E-state index contributed by atoms with van der Waals surface area (Å²) in [5, 5.41) is 4.99. The SMILES string of the molecule is CCOc1cc(C=Nc2ccc([C@@H]3Nc4ccc(C)cc4[C@H]4C=CC[C@H]43)cc2)ccc1OCc1ccc(Cl)cc1Cl. The van der Waals surface area contributed by atoms with Gasteiger partial charge in [0.2, 0.25) is 0 Å². The highest BCUT2D eigenvalue weighted by atomic mass is 35.5. The molecule has 0 radical (unpaired) electrons. The fourth-order valence-electron chi connectivity index (χ4n) is 5.75. The Balaban J connectivity index is 1.15. The first-order valence-corrected chi connectivity index (χ1v) is 14.8. The standard InChI is InChI=1S/C35H32Cl2N2O2/c1-3-40-34-18-23(8-16-33(34)41-21-25-9-12-26(36)19-31(25)37)20-38-27-13-10-24(11-14-27)35-29-6-4-5-28(29)30-17-22(2)7-15-32(30)39-35/h4-5,7-20,28-29,35,39H,3,6,21H2,1-2H3/t28-,29+,35-/m0/s1. The molecule has 2 aliphatic rings. The summed E-state index contributed by atoms with van der Waals surface area (Å²) in [5.41, 5.74) is 7.93. The van der Waals surface area contributed by atoms with Crippen molar-refractivity contribution in [2.24, 2.45) is 10.9 Å². The lowest BCUT2D eigenvalue weighted by atomic mass is 9.76. The van der Waals surface area contributed by atoms with E-state index < -0.39 is 0 Å². The summed E-state index contributed by atoms with van der Waals surface area (Å²) in [7, 11) is 0.